The quantitative estimate of drug-likeness (QED) is 0.902. The fourth-order valence-electron chi connectivity index (χ4n) is 3.55. The normalized spacial score (nSPS) is 26.0. The van der Waals surface area contributed by atoms with Crippen LogP contribution in [-0.4, -0.2) is 21.0 Å². The predicted octanol–water partition coefficient (Wildman–Crippen LogP) is 2.90. The number of benzene rings is 1. The van der Waals surface area contributed by atoms with Gasteiger partial charge in [-0.1, -0.05) is 25.8 Å². The summed E-state index contributed by atoms with van der Waals surface area (Å²) in [5, 5.41) is 3.29. The van der Waals surface area contributed by atoms with Gasteiger partial charge in [-0.15, -0.1) is 0 Å². The number of anilines is 1. The van der Waals surface area contributed by atoms with Crippen molar-refractivity contribution in [3.8, 4) is 0 Å². The van der Waals surface area contributed by atoms with E-state index in [1.54, 1.807) is 6.07 Å². The monoisotopic (exact) mass is 308 g/mol. The minimum Gasteiger partial charge on any atom is -0.385 e. The molecule has 2 unspecified atom stereocenters. The third-order valence-electron chi connectivity index (χ3n) is 4.60. The van der Waals surface area contributed by atoms with Gasteiger partial charge in [0.25, 0.3) is 0 Å². The van der Waals surface area contributed by atoms with Crippen molar-refractivity contribution in [2.75, 3.05) is 11.9 Å². The van der Waals surface area contributed by atoms with Gasteiger partial charge in [0.2, 0.25) is 10.0 Å². The van der Waals surface area contributed by atoms with E-state index in [0.29, 0.717) is 10.8 Å². The van der Waals surface area contributed by atoms with E-state index in [1.165, 1.54) is 6.42 Å². The summed E-state index contributed by atoms with van der Waals surface area (Å²) in [6.45, 7) is 3.12. The molecule has 1 saturated carbocycles. The zero-order valence-corrected chi connectivity index (χ0v) is 13.4. The van der Waals surface area contributed by atoms with Gasteiger partial charge in [0.05, 0.1) is 4.90 Å². The molecule has 1 heterocycles. The third-order valence-corrected chi connectivity index (χ3v) is 6.20. The number of hydrogen-bond donors (Lipinski definition) is 2. The Morgan fingerprint density at radius 1 is 1.24 bits per heavy atom. The zero-order valence-electron chi connectivity index (χ0n) is 12.6. The van der Waals surface area contributed by atoms with E-state index in [4.69, 9.17) is 0 Å². The van der Waals surface area contributed by atoms with Crippen molar-refractivity contribution in [3.05, 3.63) is 23.8 Å². The summed E-state index contributed by atoms with van der Waals surface area (Å²) in [6, 6.07) is 5.62. The summed E-state index contributed by atoms with van der Waals surface area (Å²) >= 11 is 0. The van der Waals surface area contributed by atoms with Gasteiger partial charge in [-0.2, -0.15) is 0 Å². The van der Waals surface area contributed by atoms with Crippen LogP contribution in [0.15, 0.2) is 23.1 Å². The van der Waals surface area contributed by atoms with Gasteiger partial charge < -0.3 is 5.32 Å². The summed E-state index contributed by atoms with van der Waals surface area (Å²) in [5.74, 6) is 0.609. The second-order valence-electron chi connectivity index (χ2n) is 6.40. The highest BCUT2D eigenvalue weighted by atomic mass is 32.2. The Morgan fingerprint density at radius 3 is 2.90 bits per heavy atom. The Bertz CT molecular complexity index is 613. The maximum atomic E-state index is 12.7. The van der Waals surface area contributed by atoms with Gasteiger partial charge >= 0.3 is 0 Å². The van der Waals surface area contributed by atoms with Gasteiger partial charge in [-0.05, 0) is 49.3 Å². The van der Waals surface area contributed by atoms with Crippen LogP contribution < -0.4 is 10.0 Å². The maximum Gasteiger partial charge on any atom is 0.241 e. The number of sulfonamides is 1. The predicted molar refractivity (Wildman–Crippen MR) is 85.0 cm³/mol. The summed E-state index contributed by atoms with van der Waals surface area (Å²) in [6.07, 6.45) is 6.05. The smallest absolute Gasteiger partial charge is 0.241 e. The van der Waals surface area contributed by atoms with Crippen LogP contribution in [-0.2, 0) is 16.4 Å². The molecule has 21 heavy (non-hydrogen) atoms. The topological polar surface area (TPSA) is 58.2 Å². The molecule has 3 rings (SSSR count). The Labute approximate surface area is 127 Å². The first kappa shape index (κ1) is 14.9. The van der Waals surface area contributed by atoms with Gasteiger partial charge in [0, 0.05) is 18.3 Å². The molecule has 0 aromatic heterocycles. The Hall–Kier alpha value is -1.07. The maximum absolute atomic E-state index is 12.7. The lowest BCUT2D eigenvalue weighted by Crippen LogP contribution is -2.38. The van der Waals surface area contributed by atoms with Crippen molar-refractivity contribution < 1.29 is 8.42 Å². The summed E-state index contributed by atoms with van der Waals surface area (Å²) in [7, 11) is -3.41. The molecule has 0 amide bonds. The van der Waals surface area contributed by atoms with Gasteiger partial charge in [0.1, 0.15) is 0 Å². The van der Waals surface area contributed by atoms with Gasteiger partial charge in [0.15, 0.2) is 0 Å². The second-order valence-corrected chi connectivity index (χ2v) is 8.08. The standard InChI is InChI=1S/C16H24N2O2S/c1-12-5-2-6-13(11-12)18-21(19,20)16-9-3-8-15-14(16)7-4-10-17-15/h3,8-9,12-13,17-18H,2,4-7,10-11H2,1H3. The lowest BCUT2D eigenvalue weighted by Gasteiger charge is -2.28. The van der Waals surface area contributed by atoms with Crippen molar-refractivity contribution in [1.29, 1.82) is 0 Å². The first-order chi connectivity index (χ1) is 10.1. The van der Waals surface area contributed by atoms with Crippen LogP contribution in [0.2, 0.25) is 0 Å². The van der Waals surface area contributed by atoms with E-state index in [9.17, 15) is 8.42 Å². The molecule has 1 aromatic carbocycles. The minimum atomic E-state index is -3.41. The van der Waals surface area contributed by atoms with E-state index in [2.05, 4.69) is 17.0 Å². The van der Waals surface area contributed by atoms with Gasteiger partial charge in [-0.25, -0.2) is 13.1 Å². The molecule has 2 N–H and O–H groups in total. The van der Waals surface area contributed by atoms with E-state index in [0.717, 1.165) is 49.9 Å². The first-order valence-corrected chi connectivity index (χ1v) is 9.42. The highest BCUT2D eigenvalue weighted by molar-refractivity contribution is 7.89. The summed E-state index contributed by atoms with van der Waals surface area (Å²) in [4.78, 5) is 0.463. The third kappa shape index (κ3) is 3.24. The van der Waals surface area contributed by atoms with Crippen LogP contribution in [0.25, 0.3) is 0 Å². The summed E-state index contributed by atoms with van der Waals surface area (Å²) in [5.41, 5.74) is 1.92. The number of rotatable bonds is 3. The van der Waals surface area contributed by atoms with Gasteiger partial charge in [-0.3, -0.25) is 0 Å². The minimum absolute atomic E-state index is 0.0890. The molecule has 2 aliphatic rings. The molecule has 2 atom stereocenters. The molecule has 5 heteroatoms. The van der Waals surface area contributed by atoms with E-state index in [-0.39, 0.29) is 6.04 Å². The van der Waals surface area contributed by atoms with E-state index >= 15 is 0 Å². The average molecular weight is 308 g/mol. The molecule has 116 valence electrons. The Balaban J connectivity index is 1.85. The average Bonchev–Trinajstić information content (AvgIpc) is 2.46. The second kappa shape index (κ2) is 5.97. The van der Waals surface area contributed by atoms with Crippen LogP contribution in [0.4, 0.5) is 5.69 Å². The highest BCUT2D eigenvalue weighted by Crippen LogP contribution is 2.30. The molecule has 0 saturated heterocycles. The molecular formula is C16H24N2O2S. The molecule has 1 aliphatic carbocycles. The molecule has 1 aromatic rings. The summed E-state index contributed by atoms with van der Waals surface area (Å²) < 4.78 is 28.4. The Morgan fingerprint density at radius 2 is 2.10 bits per heavy atom. The lowest BCUT2D eigenvalue weighted by molar-refractivity contribution is 0.327. The molecular weight excluding hydrogens is 284 g/mol. The molecule has 0 radical (unpaired) electrons. The molecule has 1 fully saturated rings. The number of hydrogen-bond acceptors (Lipinski definition) is 3. The van der Waals surface area contributed by atoms with Crippen molar-refractivity contribution in [1.82, 2.24) is 4.72 Å². The number of nitrogens with one attached hydrogen (secondary N) is 2. The molecule has 4 nitrogen and oxygen atoms in total. The van der Waals surface area contributed by atoms with Crippen molar-refractivity contribution in [2.24, 2.45) is 5.92 Å². The van der Waals surface area contributed by atoms with Crippen LogP contribution in [0.3, 0.4) is 0 Å². The molecule has 1 aliphatic heterocycles. The Kier molecular flexibility index (Phi) is 4.22. The highest BCUT2D eigenvalue weighted by Gasteiger charge is 2.27. The van der Waals surface area contributed by atoms with Crippen molar-refractivity contribution in [3.63, 3.8) is 0 Å². The fourth-order valence-corrected chi connectivity index (χ4v) is 5.13. The number of fused-ring (bicyclic) bond motifs is 1. The van der Waals surface area contributed by atoms with E-state index in [1.807, 2.05) is 12.1 Å². The van der Waals surface area contributed by atoms with Crippen LogP contribution in [0.5, 0.6) is 0 Å². The zero-order chi connectivity index (χ0) is 14.9. The fraction of sp³-hybridized carbons (Fsp3) is 0.625. The first-order valence-electron chi connectivity index (χ1n) is 7.94. The molecule has 0 spiro atoms. The molecule has 0 bridgehead atoms. The van der Waals surface area contributed by atoms with Crippen LogP contribution in [0, 0.1) is 5.92 Å². The van der Waals surface area contributed by atoms with Crippen molar-refractivity contribution >= 4 is 15.7 Å². The SMILES string of the molecule is CC1CCCC(NS(=O)(=O)c2cccc3c2CCCN3)C1. The van der Waals surface area contributed by atoms with E-state index < -0.39 is 10.0 Å². The largest absolute Gasteiger partial charge is 0.385 e. The van der Waals surface area contributed by atoms with Crippen LogP contribution in [0.1, 0.15) is 44.6 Å². The lowest BCUT2D eigenvalue weighted by atomic mass is 9.88. The van der Waals surface area contributed by atoms with Crippen LogP contribution >= 0.6 is 0 Å². The van der Waals surface area contributed by atoms with Crippen molar-refractivity contribution in [2.45, 2.75) is 56.4 Å².